The van der Waals surface area contributed by atoms with Crippen molar-refractivity contribution in [1.82, 2.24) is 4.98 Å². The molecule has 0 radical (unpaired) electrons. The first-order valence-electron chi connectivity index (χ1n) is 5.68. The fourth-order valence-corrected chi connectivity index (χ4v) is 2.43. The minimum Gasteiger partial charge on any atom is -0.264 e. The van der Waals surface area contributed by atoms with Crippen LogP contribution in [0.3, 0.4) is 0 Å². The number of rotatable bonds is 1. The van der Waals surface area contributed by atoms with E-state index in [0.29, 0.717) is 6.42 Å². The summed E-state index contributed by atoms with van der Waals surface area (Å²) in [5, 5.41) is 0. The van der Waals surface area contributed by atoms with E-state index in [1.807, 2.05) is 0 Å². The Kier molecular flexibility index (Phi) is 3.29. The Morgan fingerprint density at radius 1 is 1.28 bits per heavy atom. The Balaban J connectivity index is 2.33. The minimum atomic E-state index is -4.52. The third-order valence-corrected chi connectivity index (χ3v) is 3.24. The first-order valence-corrected chi connectivity index (χ1v) is 5.68. The zero-order chi connectivity index (χ0) is 13.4. The number of nitrogens with zero attached hydrogens (tertiary/aromatic N) is 1. The van der Waals surface area contributed by atoms with Crippen molar-refractivity contribution in [3.8, 4) is 0 Å². The van der Waals surface area contributed by atoms with Crippen LogP contribution in [0.2, 0.25) is 0 Å². The maximum atomic E-state index is 13.3. The molecule has 0 aromatic carbocycles. The van der Waals surface area contributed by atoms with Crippen LogP contribution in [0.4, 0.5) is 22.0 Å². The van der Waals surface area contributed by atoms with Crippen molar-refractivity contribution in [3.63, 3.8) is 0 Å². The SMILES string of the molecule is FC1(F)CCCC(c2cnccc2C(F)(F)F)C1. The maximum Gasteiger partial charge on any atom is 0.416 e. The second-order valence-corrected chi connectivity index (χ2v) is 4.61. The molecule has 1 aliphatic carbocycles. The van der Waals surface area contributed by atoms with Gasteiger partial charge in [0.25, 0.3) is 0 Å². The highest BCUT2D eigenvalue weighted by atomic mass is 19.4. The third-order valence-electron chi connectivity index (χ3n) is 3.24. The molecule has 1 atom stereocenters. The maximum absolute atomic E-state index is 13.3. The normalized spacial score (nSPS) is 23.9. The van der Waals surface area contributed by atoms with E-state index in [1.54, 1.807) is 0 Å². The van der Waals surface area contributed by atoms with Crippen molar-refractivity contribution in [3.05, 3.63) is 29.6 Å². The van der Waals surface area contributed by atoms with Crippen LogP contribution in [0.1, 0.15) is 42.7 Å². The zero-order valence-corrected chi connectivity index (χ0v) is 9.47. The largest absolute Gasteiger partial charge is 0.416 e. The third kappa shape index (κ3) is 2.79. The van der Waals surface area contributed by atoms with Crippen LogP contribution in [0.5, 0.6) is 0 Å². The van der Waals surface area contributed by atoms with Crippen LogP contribution in [0.25, 0.3) is 0 Å². The molecule has 0 spiro atoms. The van der Waals surface area contributed by atoms with Gasteiger partial charge in [-0.05, 0) is 30.4 Å². The Morgan fingerprint density at radius 3 is 2.61 bits per heavy atom. The fourth-order valence-electron chi connectivity index (χ4n) is 2.43. The van der Waals surface area contributed by atoms with E-state index in [0.717, 1.165) is 18.5 Å². The smallest absolute Gasteiger partial charge is 0.264 e. The van der Waals surface area contributed by atoms with E-state index in [4.69, 9.17) is 0 Å². The Labute approximate surface area is 101 Å². The first-order chi connectivity index (χ1) is 8.30. The van der Waals surface area contributed by atoms with E-state index in [1.165, 1.54) is 0 Å². The van der Waals surface area contributed by atoms with Crippen molar-refractivity contribution < 1.29 is 22.0 Å². The molecule has 1 aliphatic rings. The summed E-state index contributed by atoms with van der Waals surface area (Å²) < 4.78 is 64.9. The number of hydrogen-bond donors (Lipinski definition) is 0. The Bertz CT molecular complexity index is 427. The summed E-state index contributed by atoms with van der Waals surface area (Å²) in [6, 6.07) is 0.849. The molecule has 0 saturated heterocycles. The first kappa shape index (κ1) is 13.2. The molecular formula is C12H12F5N. The van der Waals surface area contributed by atoms with E-state index < -0.39 is 30.0 Å². The van der Waals surface area contributed by atoms with Gasteiger partial charge < -0.3 is 0 Å². The molecule has 100 valence electrons. The molecule has 1 aromatic rings. The van der Waals surface area contributed by atoms with Gasteiger partial charge in [0.1, 0.15) is 0 Å². The molecule has 0 N–H and O–H groups in total. The van der Waals surface area contributed by atoms with E-state index >= 15 is 0 Å². The van der Waals surface area contributed by atoms with Gasteiger partial charge in [-0.25, -0.2) is 8.78 Å². The van der Waals surface area contributed by atoms with Crippen LogP contribution in [-0.4, -0.2) is 10.9 Å². The van der Waals surface area contributed by atoms with Gasteiger partial charge in [0.05, 0.1) is 5.56 Å². The van der Waals surface area contributed by atoms with Crippen LogP contribution >= 0.6 is 0 Å². The lowest BCUT2D eigenvalue weighted by Crippen LogP contribution is -2.26. The van der Waals surface area contributed by atoms with Crippen LogP contribution in [0.15, 0.2) is 18.5 Å². The topological polar surface area (TPSA) is 12.9 Å². The molecular weight excluding hydrogens is 253 g/mol. The average Bonchev–Trinajstić information content (AvgIpc) is 2.26. The quantitative estimate of drug-likeness (QED) is 0.686. The average molecular weight is 265 g/mol. The highest BCUT2D eigenvalue weighted by molar-refractivity contribution is 5.30. The van der Waals surface area contributed by atoms with Crippen molar-refractivity contribution in [2.24, 2.45) is 0 Å². The molecule has 1 nitrogen and oxygen atoms in total. The second kappa shape index (κ2) is 4.48. The lowest BCUT2D eigenvalue weighted by molar-refractivity contribution is -0.139. The molecule has 6 heteroatoms. The highest BCUT2D eigenvalue weighted by Crippen LogP contribution is 2.44. The van der Waals surface area contributed by atoms with Crippen LogP contribution in [-0.2, 0) is 6.18 Å². The second-order valence-electron chi connectivity index (χ2n) is 4.61. The van der Waals surface area contributed by atoms with Crippen molar-refractivity contribution in [2.45, 2.75) is 43.7 Å². The molecule has 0 amide bonds. The number of aromatic nitrogens is 1. The number of pyridine rings is 1. The monoisotopic (exact) mass is 265 g/mol. The Hall–Kier alpha value is -1.20. The van der Waals surface area contributed by atoms with Gasteiger partial charge in [0.15, 0.2) is 0 Å². The lowest BCUT2D eigenvalue weighted by atomic mass is 9.81. The summed E-state index contributed by atoms with van der Waals surface area (Å²) in [4.78, 5) is 3.64. The lowest BCUT2D eigenvalue weighted by Gasteiger charge is -2.30. The van der Waals surface area contributed by atoms with Gasteiger partial charge in [0, 0.05) is 25.2 Å². The van der Waals surface area contributed by atoms with Gasteiger partial charge in [0.2, 0.25) is 5.92 Å². The molecule has 0 bridgehead atoms. The molecule has 2 rings (SSSR count). The summed E-state index contributed by atoms with van der Waals surface area (Å²) in [7, 11) is 0. The predicted octanol–water partition coefficient (Wildman–Crippen LogP) is 4.39. The van der Waals surface area contributed by atoms with Gasteiger partial charge in [-0.15, -0.1) is 0 Å². The standard InChI is InChI=1S/C12H12F5N/c13-11(14)4-1-2-8(6-11)9-7-18-5-3-10(9)12(15,16)17/h3,5,7-8H,1-2,4,6H2. The minimum absolute atomic E-state index is 0.107. The summed E-state index contributed by atoms with van der Waals surface area (Å²) in [6.07, 6.45) is -2.60. The van der Waals surface area contributed by atoms with E-state index in [9.17, 15) is 22.0 Å². The van der Waals surface area contributed by atoms with Gasteiger partial charge in [-0.2, -0.15) is 13.2 Å². The molecule has 1 heterocycles. The van der Waals surface area contributed by atoms with Gasteiger partial charge in [-0.3, -0.25) is 4.98 Å². The molecule has 1 fully saturated rings. The summed E-state index contributed by atoms with van der Waals surface area (Å²) >= 11 is 0. The number of halogens is 5. The predicted molar refractivity (Wildman–Crippen MR) is 55.4 cm³/mol. The van der Waals surface area contributed by atoms with Gasteiger partial charge in [-0.1, -0.05) is 0 Å². The van der Waals surface area contributed by atoms with E-state index in [-0.39, 0.29) is 18.4 Å². The zero-order valence-electron chi connectivity index (χ0n) is 9.47. The highest BCUT2D eigenvalue weighted by Gasteiger charge is 2.41. The van der Waals surface area contributed by atoms with E-state index in [2.05, 4.69) is 4.98 Å². The fraction of sp³-hybridized carbons (Fsp3) is 0.583. The molecule has 0 aliphatic heterocycles. The van der Waals surface area contributed by atoms with Crippen LogP contribution < -0.4 is 0 Å². The van der Waals surface area contributed by atoms with Crippen molar-refractivity contribution >= 4 is 0 Å². The molecule has 1 aromatic heterocycles. The molecule has 18 heavy (non-hydrogen) atoms. The summed E-state index contributed by atoms with van der Waals surface area (Å²) in [5.74, 6) is -3.64. The molecule has 1 unspecified atom stereocenters. The summed E-state index contributed by atoms with van der Waals surface area (Å²) in [5.41, 5.74) is -0.954. The number of hydrogen-bond acceptors (Lipinski definition) is 1. The van der Waals surface area contributed by atoms with Crippen LogP contribution in [0, 0.1) is 0 Å². The number of alkyl halides is 5. The van der Waals surface area contributed by atoms with Crippen molar-refractivity contribution in [1.29, 1.82) is 0 Å². The molecule has 1 saturated carbocycles. The Morgan fingerprint density at radius 2 is 2.00 bits per heavy atom. The summed E-state index contributed by atoms with van der Waals surface area (Å²) in [6.45, 7) is 0. The van der Waals surface area contributed by atoms with Gasteiger partial charge >= 0.3 is 6.18 Å². The van der Waals surface area contributed by atoms with Crippen molar-refractivity contribution in [2.75, 3.05) is 0 Å².